The lowest BCUT2D eigenvalue weighted by Gasteiger charge is -2.14. The predicted molar refractivity (Wildman–Crippen MR) is 75.6 cm³/mol. The molecule has 0 saturated heterocycles. The molecule has 1 aromatic rings. The Kier molecular flexibility index (Phi) is 7.17. The van der Waals surface area contributed by atoms with Gasteiger partial charge < -0.3 is 15.2 Å². The van der Waals surface area contributed by atoms with Crippen LogP contribution in [0, 0.1) is 0 Å². The second kappa shape index (κ2) is 8.96. The van der Waals surface area contributed by atoms with Gasteiger partial charge in [-0.3, -0.25) is 4.79 Å². The maximum Gasteiger partial charge on any atom is 0.326 e. The molecule has 0 fully saturated rings. The van der Waals surface area contributed by atoms with Crippen molar-refractivity contribution in [3.63, 3.8) is 0 Å². The predicted octanol–water partition coefficient (Wildman–Crippen LogP) is 2.22. The van der Waals surface area contributed by atoms with Crippen molar-refractivity contribution in [2.75, 3.05) is 6.61 Å². The van der Waals surface area contributed by atoms with Crippen molar-refractivity contribution in [3.05, 3.63) is 30.3 Å². The van der Waals surface area contributed by atoms with Gasteiger partial charge in [-0.25, -0.2) is 4.79 Å². The normalized spacial score (nSPS) is 11.7. The molecule has 0 radical (unpaired) electrons. The summed E-state index contributed by atoms with van der Waals surface area (Å²) in [5.74, 6) is -0.596. The Labute approximate surface area is 118 Å². The van der Waals surface area contributed by atoms with E-state index < -0.39 is 12.0 Å². The van der Waals surface area contributed by atoms with Crippen molar-refractivity contribution in [1.82, 2.24) is 5.32 Å². The van der Waals surface area contributed by atoms with E-state index >= 15 is 0 Å². The lowest BCUT2D eigenvalue weighted by atomic mass is 10.1. The Bertz CT molecular complexity index is 419. The molecule has 0 saturated carbocycles. The highest BCUT2D eigenvalue weighted by Crippen LogP contribution is 2.08. The fourth-order valence-electron chi connectivity index (χ4n) is 1.71. The van der Waals surface area contributed by atoms with Crippen molar-refractivity contribution < 1.29 is 19.4 Å². The van der Waals surface area contributed by atoms with Crippen LogP contribution in [-0.4, -0.2) is 29.6 Å². The third kappa shape index (κ3) is 6.22. The van der Waals surface area contributed by atoms with Crippen LogP contribution in [0.1, 0.15) is 32.6 Å². The van der Waals surface area contributed by atoms with Crippen LogP contribution in [0.2, 0.25) is 0 Å². The van der Waals surface area contributed by atoms with Gasteiger partial charge in [0.1, 0.15) is 11.8 Å². The molecule has 0 aromatic heterocycles. The largest absolute Gasteiger partial charge is 0.493 e. The first-order chi connectivity index (χ1) is 9.63. The summed E-state index contributed by atoms with van der Waals surface area (Å²) in [6, 6.07) is 8.38. The molecule has 20 heavy (non-hydrogen) atoms. The van der Waals surface area contributed by atoms with Gasteiger partial charge in [0.2, 0.25) is 5.91 Å². The van der Waals surface area contributed by atoms with Crippen LogP contribution < -0.4 is 10.1 Å². The molecule has 1 rings (SSSR count). The summed E-state index contributed by atoms with van der Waals surface area (Å²) in [6.45, 7) is 2.21. The van der Waals surface area contributed by atoms with E-state index in [1.54, 1.807) is 12.1 Å². The van der Waals surface area contributed by atoms with Crippen LogP contribution in [0.15, 0.2) is 30.3 Å². The second-order valence-electron chi connectivity index (χ2n) is 4.51. The molecule has 0 heterocycles. The minimum atomic E-state index is -0.990. The Hall–Kier alpha value is -2.04. The van der Waals surface area contributed by atoms with Gasteiger partial charge in [-0.1, -0.05) is 38.0 Å². The number of amides is 1. The number of nitrogens with one attached hydrogen (secondary N) is 1. The number of hydrogen-bond donors (Lipinski definition) is 2. The summed E-state index contributed by atoms with van der Waals surface area (Å²) in [5.41, 5.74) is 0. The van der Waals surface area contributed by atoms with Crippen LogP contribution in [0.4, 0.5) is 0 Å². The van der Waals surface area contributed by atoms with Crippen molar-refractivity contribution in [3.8, 4) is 5.75 Å². The average Bonchev–Trinajstić information content (AvgIpc) is 2.44. The van der Waals surface area contributed by atoms with Crippen molar-refractivity contribution in [1.29, 1.82) is 0 Å². The second-order valence-corrected chi connectivity index (χ2v) is 4.51. The van der Waals surface area contributed by atoms with Crippen LogP contribution in [0.25, 0.3) is 0 Å². The molecular formula is C15H21NO4. The van der Waals surface area contributed by atoms with E-state index in [1.165, 1.54) is 0 Å². The summed E-state index contributed by atoms with van der Waals surface area (Å²) in [6.07, 6.45) is 2.27. The van der Waals surface area contributed by atoms with Crippen LogP contribution in [0.3, 0.4) is 0 Å². The summed E-state index contributed by atoms with van der Waals surface area (Å²) >= 11 is 0. The molecule has 0 unspecified atom stereocenters. The Morgan fingerprint density at radius 3 is 2.60 bits per heavy atom. The first-order valence-corrected chi connectivity index (χ1v) is 6.83. The average molecular weight is 279 g/mol. The Balaban J connectivity index is 2.29. The molecule has 110 valence electrons. The number of aliphatic carboxylic acids is 1. The molecule has 1 aromatic carbocycles. The highest BCUT2D eigenvalue weighted by molar-refractivity contribution is 5.83. The zero-order valence-corrected chi connectivity index (χ0v) is 11.7. The van der Waals surface area contributed by atoms with E-state index in [-0.39, 0.29) is 18.9 Å². The first-order valence-electron chi connectivity index (χ1n) is 6.83. The van der Waals surface area contributed by atoms with Gasteiger partial charge in [0.25, 0.3) is 0 Å². The SMILES string of the molecule is CCCC[C@H](NC(=O)CCOc1ccccc1)C(=O)O. The minimum Gasteiger partial charge on any atom is -0.493 e. The quantitative estimate of drug-likeness (QED) is 0.726. The molecule has 1 amide bonds. The van der Waals surface area contributed by atoms with E-state index in [0.29, 0.717) is 12.2 Å². The van der Waals surface area contributed by atoms with E-state index in [9.17, 15) is 9.59 Å². The van der Waals surface area contributed by atoms with E-state index in [0.717, 1.165) is 12.8 Å². The first kappa shape index (κ1) is 16.0. The summed E-state index contributed by atoms with van der Waals surface area (Å²) in [4.78, 5) is 22.6. The van der Waals surface area contributed by atoms with Crippen molar-refractivity contribution in [2.45, 2.75) is 38.6 Å². The molecule has 5 nitrogen and oxygen atoms in total. The number of unbranched alkanes of at least 4 members (excludes halogenated alkanes) is 1. The number of rotatable bonds is 9. The van der Waals surface area contributed by atoms with Crippen LogP contribution in [-0.2, 0) is 9.59 Å². The maximum absolute atomic E-state index is 11.7. The molecule has 0 aliphatic rings. The number of carbonyl (C=O) groups excluding carboxylic acids is 1. The lowest BCUT2D eigenvalue weighted by molar-refractivity contribution is -0.142. The number of carboxylic acid groups (broad SMARTS) is 1. The van der Waals surface area contributed by atoms with Crippen LogP contribution >= 0.6 is 0 Å². The maximum atomic E-state index is 11.7. The van der Waals surface area contributed by atoms with E-state index in [1.807, 2.05) is 25.1 Å². The lowest BCUT2D eigenvalue weighted by Crippen LogP contribution is -2.41. The van der Waals surface area contributed by atoms with Gasteiger partial charge in [-0.05, 0) is 18.6 Å². The van der Waals surface area contributed by atoms with Crippen molar-refractivity contribution >= 4 is 11.9 Å². The zero-order chi connectivity index (χ0) is 14.8. The Morgan fingerprint density at radius 1 is 1.30 bits per heavy atom. The van der Waals surface area contributed by atoms with Crippen molar-refractivity contribution in [2.24, 2.45) is 0 Å². The smallest absolute Gasteiger partial charge is 0.326 e. The van der Waals surface area contributed by atoms with Crippen LogP contribution in [0.5, 0.6) is 5.75 Å². The van der Waals surface area contributed by atoms with Gasteiger partial charge in [0.05, 0.1) is 13.0 Å². The third-order valence-electron chi connectivity index (χ3n) is 2.82. The highest BCUT2D eigenvalue weighted by atomic mass is 16.5. The van der Waals surface area contributed by atoms with Gasteiger partial charge in [-0.2, -0.15) is 0 Å². The number of benzene rings is 1. The number of hydrogen-bond acceptors (Lipinski definition) is 3. The van der Waals surface area contributed by atoms with Gasteiger partial charge >= 0.3 is 5.97 Å². The third-order valence-corrected chi connectivity index (χ3v) is 2.82. The number of carbonyl (C=O) groups is 2. The summed E-state index contributed by atoms with van der Waals surface area (Å²) in [5, 5.41) is 11.5. The van der Waals surface area contributed by atoms with Gasteiger partial charge in [-0.15, -0.1) is 0 Å². The molecular weight excluding hydrogens is 258 g/mol. The summed E-state index contributed by atoms with van der Waals surface area (Å²) < 4.78 is 5.39. The number of carboxylic acids is 1. The Morgan fingerprint density at radius 2 is 2.00 bits per heavy atom. The van der Waals surface area contributed by atoms with E-state index in [4.69, 9.17) is 9.84 Å². The number of para-hydroxylation sites is 1. The molecule has 0 aliphatic heterocycles. The topological polar surface area (TPSA) is 75.6 Å². The number of ether oxygens (including phenoxy) is 1. The van der Waals surface area contributed by atoms with E-state index in [2.05, 4.69) is 5.32 Å². The fraction of sp³-hybridized carbons (Fsp3) is 0.467. The van der Waals surface area contributed by atoms with Gasteiger partial charge in [0, 0.05) is 0 Å². The standard InChI is InChI=1S/C15H21NO4/c1-2-3-9-13(15(18)19)16-14(17)10-11-20-12-7-5-4-6-8-12/h4-8,13H,2-3,9-11H2,1H3,(H,16,17)(H,18,19)/t13-/m0/s1. The molecule has 5 heteroatoms. The molecule has 0 bridgehead atoms. The minimum absolute atomic E-state index is 0.144. The molecule has 0 aliphatic carbocycles. The molecule has 0 spiro atoms. The molecule has 1 atom stereocenters. The monoisotopic (exact) mass is 279 g/mol. The highest BCUT2D eigenvalue weighted by Gasteiger charge is 2.18. The fourth-order valence-corrected chi connectivity index (χ4v) is 1.71. The summed E-state index contributed by atoms with van der Waals surface area (Å²) in [7, 11) is 0. The molecule has 2 N–H and O–H groups in total. The van der Waals surface area contributed by atoms with Gasteiger partial charge in [0.15, 0.2) is 0 Å². The zero-order valence-electron chi connectivity index (χ0n) is 11.7.